The third kappa shape index (κ3) is 9.93. The van der Waals surface area contributed by atoms with Crippen LogP contribution in [0.3, 0.4) is 0 Å². The van der Waals surface area contributed by atoms with Gasteiger partial charge in [0.1, 0.15) is 11.9 Å². The molecule has 6 nitrogen and oxygen atoms in total. The van der Waals surface area contributed by atoms with Gasteiger partial charge in [-0.25, -0.2) is 9.18 Å². The van der Waals surface area contributed by atoms with Crippen LogP contribution in [0.5, 0.6) is 0 Å². The predicted octanol–water partition coefficient (Wildman–Crippen LogP) is 8.47. The van der Waals surface area contributed by atoms with E-state index in [1.165, 1.54) is 6.07 Å². The van der Waals surface area contributed by atoms with Crippen molar-refractivity contribution in [2.24, 2.45) is 0 Å². The van der Waals surface area contributed by atoms with Gasteiger partial charge in [-0.05, 0) is 120 Å². The summed E-state index contributed by atoms with van der Waals surface area (Å²) < 4.78 is 65.1. The maximum Gasteiger partial charge on any atom is 0.414 e. The second kappa shape index (κ2) is 17.1. The molecular formula is C37H52ClF4N3O3. The monoisotopic (exact) mass is 697 g/mol. The molecule has 4 rings (SSSR count). The molecule has 1 saturated heterocycles. The molecule has 1 aliphatic heterocycles. The Morgan fingerprint density at radius 3 is 2.25 bits per heavy atom. The molecule has 3 atom stereocenters. The lowest BCUT2D eigenvalue weighted by atomic mass is 9.77. The first kappa shape index (κ1) is 38.6. The summed E-state index contributed by atoms with van der Waals surface area (Å²) in [7, 11) is 1.92. The summed E-state index contributed by atoms with van der Waals surface area (Å²) in [5.41, 5.74) is 3.77. The molecule has 0 spiro atoms. The highest BCUT2D eigenvalue weighted by Crippen LogP contribution is 2.41. The van der Waals surface area contributed by atoms with Crippen LogP contribution in [0, 0.1) is 12.7 Å². The molecule has 1 saturated carbocycles. The summed E-state index contributed by atoms with van der Waals surface area (Å²) in [6.07, 6.45) is -3.66. The van der Waals surface area contributed by atoms with Crippen molar-refractivity contribution in [1.82, 2.24) is 14.7 Å². The molecule has 1 heterocycles. The highest BCUT2D eigenvalue weighted by atomic mass is 35.5. The van der Waals surface area contributed by atoms with Crippen LogP contribution in [0.4, 0.5) is 17.6 Å². The van der Waals surface area contributed by atoms with E-state index in [-0.39, 0.29) is 30.4 Å². The average molecular weight is 698 g/mol. The van der Waals surface area contributed by atoms with E-state index >= 15 is 0 Å². The molecule has 2 fully saturated rings. The summed E-state index contributed by atoms with van der Waals surface area (Å²) in [4.78, 5) is 20.6. The van der Waals surface area contributed by atoms with Crippen molar-refractivity contribution in [1.29, 1.82) is 0 Å². The van der Waals surface area contributed by atoms with E-state index in [1.54, 1.807) is 13.0 Å². The normalized spacial score (nSPS) is 21.8. The zero-order valence-corrected chi connectivity index (χ0v) is 29.9. The first-order valence-electron chi connectivity index (χ1n) is 17.3. The highest BCUT2D eigenvalue weighted by molar-refractivity contribution is 6.30. The summed E-state index contributed by atoms with van der Waals surface area (Å²) in [6.45, 7) is 13.5. The Bertz CT molecular complexity index is 1320. The number of alkyl halides is 3. The van der Waals surface area contributed by atoms with Crippen molar-refractivity contribution in [3.05, 3.63) is 69.5 Å². The third-order valence-electron chi connectivity index (χ3n) is 10.1. The average Bonchev–Trinajstić information content (AvgIpc) is 3.01. The number of carbonyl (C=O) groups is 1. The number of piperazine rings is 1. The van der Waals surface area contributed by atoms with Crippen molar-refractivity contribution < 1.29 is 31.8 Å². The van der Waals surface area contributed by atoms with Crippen LogP contribution >= 0.6 is 11.6 Å². The molecule has 0 N–H and O–H groups in total. The van der Waals surface area contributed by atoms with Crippen LogP contribution in [0.25, 0.3) is 0 Å². The molecule has 48 heavy (non-hydrogen) atoms. The Kier molecular flexibility index (Phi) is 13.8. The van der Waals surface area contributed by atoms with Gasteiger partial charge >= 0.3 is 12.1 Å². The lowest BCUT2D eigenvalue weighted by Gasteiger charge is -2.42. The van der Waals surface area contributed by atoms with E-state index in [4.69, 9.17) is 21.1 Å². The van der Waals surface area contributed by atoms with Gasteiger partial charge in [-0.2, -0.15) is 13.2 Å². The molecule has 2 aromatic rings. The standard InChI is InChI=1S/C37H52ClF4N3O3/c1-7-47-36(46)35(32-10-8-9-25(4)34(32)27-11-13-31(14-12-27)48-26(5)37(40,41)42)43(6)16-15-33(28-21-29(38)23-30(39)22-28)45-19-17-44(18-20-45)24(2)3/h8-10,21-24,26-27,31,33,35H,7,11-20H2,1-6H3/t26?,27?,31?,33-,35?/m0/s1. The van der Waals surface area contributed by atoms with Crippen LogP contribution in [-0.2, 0) is 14.3 Å². The second-order valence-electron chi connectivity index (χ2n) is 13.7. The number of rotatable bonds is 13. The van der Waals surface area contributed by atoms with Crippen molar-refractivity contribution >= 4 is 17.6 Å². The van der Waals surface area contributed by atoms with Gasteiger partial charge in [-0.3, -0.25) is 14.7 Å². The Hall–Kier alpha value is -2.24. The number of esters is 1. The van der Waals surface area contributed by atoms with Crippen LogP contribution in [0.2, 0.25) is 5.02 Å². The van der Waals surface area contributed by atoms with E-state index in [0.29, 0.717) is 49.7 Å². The molecule has 0 amide bonds. The fraction of sp³-hybridized carbons (Fsp3) is 0.649. The van der Waals surface area contributed by atoms with Gasteiger partial charge in [0.2, 0.25) is 0 Å². The first-order chi connectivity index (χ1) is 22.7. The van der Waals surface area contributed by atoms with E-state index < -0.39 is 24.4 Å². The largest absolute Gasteiger partial charge is 0.465 e. The fourth-order valence-corrected chi connectivity index (χ4v) is 7.70. The summed E-state index contributed by atoms with van der Waals surface area (Å²) >= 11 is 6.33. The van der Waals surface area contributed by atoms with Gasteiger partial charge in [-0.15, -0.1) is 0 Å². The van der Waals surface area contributed by atoms with Gasteiger partial charge in [0.15, 0.2) is 6.10 Å². The number of carbonyl (C=O) groups excluding carboxylic acids is 1. The Morgan fingerprint density at radius 1 is 1.02 bits per heavy atom. The van der Waals surface area contributed by atoms with Gasteiger partial charge < -0.3 is 9.47 Å². The number of hydrogen-bond acceptors (Lipinski definition) is 6. The molecule has 2 unspecified atom stereocenters. The molecule has 268 valence electrons. The summed E-state index contributed by atoms with van der Waals surface area (Å²) in [5, 5.41) is 0.353. The van der Waals surface area contributed by atoms with E-state index in [1.807, 2.05) is 43.1 Å². The number of benzene rings is 2. The molecule has 1 aliphatic carbocycles. The summed E-state index contributed by atoms with van der Waals surface area (Å²) in [5.74, 6) is -0.649. The highest BCUT2D eigenvalue weighted by Gasteiger charge is 2.40. The van der Waals surface area contributed by atoms with Gasteiger partial charge in [-0.1, -0.05) is 29.8 Å². The smallest absolute Gasteiger partial charge is 0.414 e. The number of likely N-dealkylation sites (N-methyl/N-ethyl adjacent to an activating group) is 1. The molecule has 0 radical (unpaired) electrons. The van der Waals surface area contributed by atoms with Crippen molar-refractivity contribution in [3.63, 3.8) is 0 Å². The quantitative estimate of drug-likeness (QED) is 0.155. The maximum atomic E-state index is 14.6. The van der Waals surface area contributed by atoms with Crippen molar-refractivity contribution in [3.8, 4) is 0 Å². The van der Waals surface area contributed by atoms with Crippen LogP contribution in [-0.4, -0.2) is 91.5 Å². The first-order valence-corrected chi connectivity index (χ1v) is 17.7. The van der Waals surface area contributed by atoms with Gasteiger partial charge in [0.25, 0.3) is 0 Å². The third-order valence-corrected chi connectivity index (χ3v) is 10.3. The predicted molar refractivity (Wildman–Crippen MR) is 182 cm³/mol. The number of aryl methyl sites for hydroxylation is 1. The number of ether oxygens (including phenoxy) is 2. The van der Waals surface area contributed by atoms with E-state index in [0.717, 1.165) is 55.4 Å². The maximum absolute atomic E-state index is 14.6. The Labute approximate surface area is 288 Å². The number of halogens is 5. The molecule has 0 bridgehead atoms. The van der Waals surface area contributed by atoms with Gasteiger partial charge in [0, 0.05) is 49.8 Å². The number of hydrogen-bond donors (Lipinski definition) is 0. The van der Waals surface area contributed by atoms with Crippen LogP contribution in [0.15, 0.2) is 36.4 Å². The second-order valence-corrected chi connectivity index (χ2v) is 14.1. The van der Waals surface area contributed by atoms with Crippen LogP contribution in [0.1, 0.15) is 100 Å². The zero-order chi connectivity index (χ0) is 35.2. The minimum absolute atomic E-state index is 0.0759. The van der Waals surface area contributed by atoms with Gasteiger partial charge in [0.05, 0.1) is 12.7 Å². The molecular weight excluding hydrogens is 646 g/mol. The number of nitrogens with zero attached hydrogens (tertiary/aromatic N) is 3. The van der Waals surface area contributed by atoms with E-state index in [2.05, 4.69) is 23.6 Å². The topological polar surface area (TPSA) is 45.3 Å². The SMILES string of the molecule is CCOC(=O)C(c1cccc(C)c1C1CCC(OC(C)C(F)(F)F)CC1)N(C)CC[C@@H](c1cc(F)cc(Cl)c1)N1CCN(C(C)C)CC1. The molecule has 2 aliphatic rings. The minimum Gasteiger partial charge on any atom is -0.465 e. The van der Waals surface area contributed by atoms with E-state index in [9.17, 15) is 22.4 Å². The summed E-state index contributed by atoms with van der Waals surface area (Å²) in [6, 6.07) is 10.3. The molecule has 0 aromatic heterocycles. The van der Waals surface area contributed by atoms with Crippen LogP contribution < -0.4 is 0 Å². The van der Waals surface area contributed by atoms with Crippen molar-refractivity contribution in [2.75, 3.05) is 46.4 Å². The van der Waals surface area contributed by atoms with Crippen molar-refractivity contribution in [2.45, 2.75) is 109 Å². The minimum atomic E-state index is -4.39. The zero-order valence-electron chi connectivity index (χ0n) is 29.2. The Morgan fingerprint density at radius 2 is 1.67 bits per heavy atom. The Balaban J connectivity index is 1.57. The lowest BCUT2D eigenvalue weighted by molar-refractivity contribution is -0.229. The fourth-order valence-electron chi connectivity index (χ4n) is 7.47. The lowest BCUT2D eigenvalue weighted by Crippen LogP contribution is -2.50. The molecule has 11 heteroatoms. The molecule has 2 aromatic carbocycles.